The number of carbonyl (C=O) groups is 2. The quantitative estimate of drug-likeness (QED) is 0.731. The van der Waals surface area contributed by atoms with Crippen LogP contribution in [0.2, 0.25) is 0 Å². The number of carbonyl (C=O) groups excluding carboxylic acids is 2. The van der Waals surface area contributed by atoms with Crippen molar-refractivity contribution in [3.8, 4) is 5.75 Å². The van der Waals surface area contributed by atoms with Gasteiger partial charge in [-0.05, 0) is 56.4 Å². The smallest absolute Gasteiger partial charge is 0.272 e. The molecule has 1 aromatic heterocycles. The van der Waals surface area contributed by atoms with Crippen LogP contribution < -0.4 is 10.1 Å². The highest BCUT2D eigenvalue weighted by Crippen LogP contribution is 2.22. The first kappa shape index (κ1) is 20.8. The standard InChI is InChI=1S/C23H29N3O3/c1-17-7-5-8-18(2)22(17)29-16-6-10-21(27)25-19-11-14-26(15-12-19)23(28)20-9-3-4-13-24-20/h3-5,7-9,13,19H,6,10-12,14-16H2,1-2H3,(H,25,27). The number of benzene rings is 1. The number of nitrogens with one attached hydrogen (secondary N) is 1. The number of amides is 2. The molecule has 29 heavy (non-hydrogen) atoms. The van der Waals surface area contributed by atoms with Gasteiger partial charge in [0, 0.05) is 31.7 Å². The number of ether oxygens (including phenoxy) is 1. The van der Waals surface area contributed by atoms with E-state index < -0.39 is 0 Å². The van der Waals surface area contributed by atoms with Gasteiger partial charge in [-0.1, -0.05) is 24.3 Å². The van der Waals surface area contributed by atoms with E-state index in [1.165, 1.54) is 0 Å². The summed E-state index contributed by atoms with van der Waals surface area (Å²) < 4.78 is 5.86. The molecule has 1 aliphatic rings. The van der Waals surface area contributed by atoms with Crippen LogP contribution in [-0.4, -0.2) is 47.4 Å². The van der Waals surface area contributed by atoms with E-state index in [9.17, 15) is 9.59 Å². The molecule has 0 bridgehead atoms. The van der Waals surface area contributed by atoms with Crippen molar-refractivity contribution in [1.82, 2.24) is 15.2 Å². The third kappa shape index (κ3) is 5.79. The van der Waals surface area contributed by atoms with E-state index in [1.807, 2.05) is 43.0 Å². The van der Waals surface area contributed by atoms with Crippen LogP contribution in [0, 0.1) is 13.8 Å². The van der Waals surface area contributed by atoms with Gasteiger partial charge in [0.15, 0.2) is 0 Å². The summed E-state index contributed by atoms with van der Waals surface area (Å²) >= 11 is 0. The molecular formula is C23H29N3O3. The normalized spacial score (nSPS) is 14.5. The number of aromatic nitrogens is 1. The first-order valence-corrected chi connectivity index (χ1v) is 10.2. The Balaban J connectivity index is 1.35. The summed E-state index contributed by atoms with van der Waals surface area (Å²) in [5.74, 6) is 0.918. The van der Waals surface area contributed by atoms with Gasteiger partial charge < -0.3 is 15.0 Å². The molecule has 2 aromatic rings. The highest BCUT2D eigenvalue weighted by Gasteiger charge is 2.25. The van der Waals surface area contributed by atoms with Crippen molar-refractivity contribution in [1.29, 1.82) is 0 Å². The molecule has 1 saturated heterocycles. The molecule has 0 saturated carbocycles. The lowest BCUT2D eigenvalue weighted by molar-refractivity contribution is -0.122. The molecule has 1 N–H and O–H groups in total. The number of pyridine rings is 1. The highest BCUT2D eigenvalue weighted by molar-refractivity contribution is 5.92. The average molecular weight is 396 g/mol. The Morgan fingerprint density at radius 2 is 1.83 bits per heavy atom. The number of nitrogens with zero attached hydrogens (tertiary/aromatic N) is 2. The molecule has 2 heterocycles. The second kappa shape index (κ2) is 10.0. The highest BCUT2D eigenvalue weighted by atomic mass is 16.5. The van der Waals surface area contributed by atoms with E-state index >= 15 is 0 Å². The van der Waals surface area contributed by atoms with Crippen LogP contribution >= 0.6 is 0 Å². The van der Waals surface area contributed by atoms with Crippen LogP contribution in [0.3, 0.4) is 0 Å². The molecule has 0 unspecified atom stereocenters. The van der Waals surface area contributed by atoms with E-state index in [0.717, 1.165) is 29.7 Å². The third-order valence-corrected chi connectivity index (χ3v) is 5.23. The molecule has 1 fully saturated rings. The topological polar surface area (TPSA) is 71.5 Å². The lowest BCUT2D eigenvalue weighted by atomic mass is 10.0. The van der Waals surface area contributed by atoms with Gasteiger partial charge >= 0.3 is 0 Å². The van der Waals surface area contributed by atoms with Gasteiger partial charge in [0.05, 0.1) is 6.61 Å². The fourth-order valence-corrected chi connectivity index (χ4v) is 3.61. The van der Waals surface area contributed by atoms with Crippen molar-refractivity contribution >= 4 is 11.8 Å². The Bertz CT molecular complexity index is 810. The van der Waals surface area contributed by atoms with E-state index in [-0.39, 0.29) is 17.9 Å². The van der Waals surface area contributed by atoms with Crippen molar-refractivity contribution in [2.75, 3.05) is 19.7 Å². The lowest BCUT2D eigenvalue weighted by Gasteiger charge is -2.32. The van der Waals surface area contributed by atoms with Crippen LogP contribution in [0.25, 0.3) is 0 Å². The van der Waals surface area contributed by atoms with Crippen molar-refractivity contribution in [2.24, 2.45) is 0 Å². The Hall–Kier alpha value is -2.89. The minimum Gasteiger partial charge on any atom is -0.493 e. The number of hydrogen-bond donors (Lipinski definition) is 1. The number of para-hydroxylation sites is 1. The van der Waals surface area contributed by atoms with Gasteiger partial charge in [0.1, 0.15) is 11.4 Å². The largest absolute Gasteiger partial charge is 0.493 e. The summed E-state index contributed by atoms with van der Waals surface area (Å²) in [6, 6.07) is 11.5. The van der Waals surface area contributed by atoms with Crippen molar-refractivity contribution in [3.05, 3.63) is 59.4 Å². The van der Waals surface area contributed by atoms with Crippen molar-refractivity contribution in [2.45, 2.75) is 45.6 Å². The van der Waals surface area contributed by atoms with Gasteiger partial charge in [-0.15, -0.1) is 0 Å². The molecule has 2 amide bonds. The van der Waals surface area contributed by atoms with Crippen LogP contribution in [-0.2, 0) is 4.79 Å². The zero-order valence-electron chi connectivity index (χ0n) is 17.2. The molecule has 6 nitrogen and oxygen atoms in total. The fourth-order valence-electron chi connectivity index (χ4n) is 3.61. The molecule has 154 valence electrons. The second-order valence-electron chi connectivity index (χ2n) is 7.52. The van der Waals surface area contributed by atoms with Gasteiger partial charge in [0.2, 0.25) is 5.91 Å². The molecule has 0 aliphatic carbocycles. The SMILES string of the molecule is Cc1cccc(C)c1OCCCC(=O)NC1CCN(C(=O)c2ccccn2)CC1. The molecule has 6 heteroatoms. The second-order valence-corrected chi connectivity index (χ2v) is 7.52. The molecule has 1 aromatic carbocycles. The Kier molecular flexibility index (Phi) is 7.22. The average Bonchev–Trinajstić information content (AvgIpc) is 2.73. The van der Waals surface area contributed by atoms with Crippen molar-refractivity contribution in [3.63, 3.8) is 0 Å². The van der Waals surface area contributed by atoms with E-state index in [2.05, 4.69) is 10.3 Å². The Morgan fingerprint density at radius 3 is 2.48 bits per heavy atom. The monoisotopic (exact) mass is 395 g/mol. The maximum absolute atomic E-state index is 12.4. The number of aryl methyl sites for hydroxylation is 2. The first-order valence-electron chi connectivity index (χ1n) is 10.2. The minimum atomic E-state index is -0.0426. The van der Waals surface area contributed by atoms with Gasteiger partial charge in [-0.2, -0.15) is 0 Å². The Morgan fingerprint density at radius 1 is 1.10 bits per heavy atom. The molecule has 1 aliphatic heterocycles. The summed E-state index contributed by atoms with van der Waals surface area (Å²) in [4.78, 5) is 30.6. The van der Waals surface area contributed by atoms with Gasteiger partial charge in [0.25, 0.3) is 5.91 Å². The molecule has 0 atom stereocenters. The molecule has 0 radical (unpaired) electrons. The van der Waals surface area contributed by atoms with Crippen LogP contribution in [0.1, 0.15) is 47.3 Å². The van der Waals surface area contributed by atoms with E-state index in [0.29, 0.717) is 38.2 Å². The third-order valence-electron chi connectivity index (χ3n) is 5.23. The van der Waals surface area contributed by atoms with Crippen LogP contribution in [0.4, 0.5) is 0 Å². The summed E-state index contributed by atoms with van der Waals surface area (Å²) in [7, 11) is 0. The van der Waals surface area contributed by atoms with Crippen LogP contribution in [0.5, 0.6) is 5.75 Å². The number of piperidine rings is 1. The zero-order chi connectivity index (χ0) is 20.6. The number of likely N-dealkylation sites (tertiary alicyclic amines) is 1. The van der Waals surface area contributed by atoms with E-state index in [1.54, 1.807) is 18.3 Å². The Labute approximate surface area is 172 Å². The lowest BCUT2D eigenvalue weighted by Crippen LogP contribution is -2.46. The maximum Gasteiger partial charge on any atom is 0.272 e. The number of rotatable bonds is 7. The van der Waals surface area contributed by atoms with Gasteiger partial charge in [-0.3, -0.25) is 14.6 Å². The van der Waals surface area contributed by atoms with Crippen molar-refractivity contribution < 1.29 is 14.3 Å². The van der Waals surface area contributed by atoms with E-state index in [4.69, 9.17) is 4.74 Å². The summed E-state index contributed by atoms with van der Waals surface area (Å²) in [6.07, 6.45) is 4.28. The zero-order valence-corrected chi connectivity index (χ0v) is 17.2. The molecule has 0 spiro atoms. The summed E-state index contributed by atoms with van der Waals surface area (Å²) in [6.45, 7) is 5.85. The molecule has 3 rings (SSSR count). The molecular weight excluding hydrogens is 366 g/mol. The maximum atomic E-state index is 12.4. The summed E-state index contributed by atoms with van der Waals surface area (Å²) in [5.41, 5.74) is 2.70. The predicted molar refractivity (Wildman–Crippen MR) is 112 cm³/mol. The minimum absolute atomic E-state index is 0.0426. The predicted octanol–water partition coefficient (Wildman–Crippen LogP) is 3.28. The fraction of sp³-hybridized carbons (Fsp3) is 0.435. The summed E-state index contributed by atoms with van der Waals surface area (Å²) in [5, 5.41) is 3.09. The van der Waals surface area contributed by atoms with Crippen LogP contribution in [0.15, 0.2) is 42.6 Å². The number of hydrogen-bond acceptors (Lipinski definition) is 4. The van der Waals surface area contributed by atoms with Gasteiger partial charge in [-0.25, -0.2) is 0 Å². The first-order chi connectivity index (χ1) is 14.0.